The standard InChI is InChI=1S/Al.Na.H4O7SSi.4H/c;;1-8(2,3)7-9(4,5)6;;;;/h;;4-6H,(H,1,2,3);;;;/q;+1;;;;;-1. The molecule has 0 saturated heterocycles. The van der Waals surface area contributed by atoms with Crippen molar-refractivity contribution >= 4 is 36.8 Å². The van der Waals surface area contributed by atoms with E-state index in [1.165, 1.54) is 0 Å². The molecule has 11 heavy (non-hydrogen) atoms. The van der Waals surface area contributed by atoms with Crippen LogP contribution in [0.15, 0.2) is 0 Å². The Labute approximate surface area is 98.4 Å². The third-order valence-corrected chi connectivity index (χ3v) is 1.95. The predicted octanol–water partition coefficient (Wildman–Crippen LogP) is -6.85. The first kappa shape index (κ1) is 18.3. The zero-order chi connectivity index (χ0) is 7.71. The summed E-state index contributed by atoms with van der Waals surface area (Å²) in [5.41, 5.74) is 0. The molecule has 0 aromatic rings. The van der Waals surface area contributed by atoms with Gasteiger partial charge in [0.2, 0.25) is 0 Å². The van der Waals surface area contributed by atoms with Crippen molar-refractivity contribution in [3.05, 3.63) is 0 Å². The minimum absolute atomic E-state index is 0. The Morgan fingerprint density at radius 1 is 1.27 bits per heavy atom. The van der Waals surface area contributed by atoms with Crippen molar-refractivity contribution in [2.45, 2.75) is 0 Å². The Balaban J connectivity index is -0.000000107. The summed E-state index contributed by atoms with van der Waals surface area (Å²) < 4.78 is 29.7. The van der Waals surface area contributed by atoms with Gasteiger partial charge in [-0.2, -0.15) is 8.42 Å². The molecule has 0 bridgehead atoms. The third-order valence-electron chi connectivity index (χ3n) is 0.217. The van der Waals surface area contributed by atoms with E-state index in [2.05, 4.69) is 3.87 Å². The van der Waals surface area contributed by atoms with Gasteiger partial charge in [-0.15, -0.1) is 0 Å². The van der Waals surface area contributed by atoms with Gasteiger partial charge in [-0.25, -0.2) is 3.87 Å². The molecule has 0 radical (unpaired) electrons. The first-order chi connectivity index (χ1) is 3.71. The molecular formula is H8AlNaO7SSi. The zero-order valence-corrected chi connectivity index (χ0v) is 8.74. The molecule has 64 valence electrons. The number of hydrogen-bond donors (Lipinski definition) is 4. The van der Waals surface area contributed by atoms with Crippen LogP contribution in [0.25, 0.3) is 0 Å². The van der Waals surface area contributed by atoms with Gasteiger partial charge >= 0.3 is 49.0 Å². The molecule has 0 rings (SSSR count). The molecule has 0 amide bonds. The van der Waals surface area contributed by atoms with Crippen LogP contribution < -0.4 is 29.6 Å². The largest absolute Gasteiger partial charge is 1.00 e. The van der Waals surface area contributed by atoms with Crippen molar-refractivity contribution in [2.24, 2.45) is 0 Å². The molecular weight excluding hydrogens is 222 g/mol. The smallest absolute Gasteiger partial charge is 1.00 e. The van der Waals surface area contributed by atoms with Crippen LogP contribution in [0.5, 0.6) is 0 Å². The van der Waals surface area contributed by atoms with Gasteiger partial charge in [0.05, 0.1) is 0 Å². The fraction of sp³-hybridized carbons (Fsp3) is 0. The van der Waals surface area contributed by atoms with Crippen LogP contribution in [0.4, 0.5) is 0 Å². The van der Waals surface area contributed by atoms with Crippen LogP contribution in [-0.4, -0.2) is 53.8 Å². The van der Waals surface area contributed by atoms with Crippen LogP contribution in [0.3, 0.4) is 0 Å². The minimum Gasteiger partial charge on any atom is -1.00 e. The van der Waals surface area contributed by atoms with E-state index in [0.717, 1.165) is 0 Å². The van der Waals surface area contributed by atoms with Crippen molar-refractivity contribution < 1.29 is 62.2 Å². The van der Waals surface area contributed by atoms with E-state index < -0.39 is 19.4 Å². The quantitative estimate of drug-likeness (QED) is 0.274. The van der Waals surface area contributed by atoms with Crippen molar-refractivity contribution in [3.8, 4) is 0 Å². The maximum atomic E-state index is 9.53. The van der Waals surface area contributed by atoms with Crippen molar-refractivity contribution in [1.29, 1.82) is 0 Å². The van der Waals surface area contributed by atoms with Gasteiger partial charge in [-0.3, -0.25) is 4.55 Å². The molecule has 0 saturated carbocycles. The molecule has 7 nitrogen and oxygen atoms in total. The second-order valence-electron chi connectivity index (χ2n) is 1.08. The van der Waals surface area contributed by atoms with Gasteiger partial charge in [-0.1, -0.05) is 0 Å². The predicted molar refractivity (Wildman–Crippen MR) is 36.1 cm³/mol. The summed E-state index contributed by atoms with van der Waals surface area (Å²) in [6, 6.07) is 0. The van der Waals surface area contributed by atoms with Gasteiger partial charge in [0.1, 0.15) is 0 Å². The van der Waals surface area contributed by atoms with Crippen molar-refractivity contribution in [1.82, 2.24) is 0 Å². The molecule has 0 aliphatic carbocycles. The Kier molecular flexibility index (Phi) is 10.0. The second kappa shape index (κ2) is 6.03. The third kappa shape index (κ3) is 18.5. The summed E-state index contributed by atoms with van der Waals surface area (Å²) in [6.07, 6.45) is 0. The van der Waals surface area contributed by atoms with Gasteiger partial charge < -0.3 is 15.8 Å². The molecule has 0 spiro atoms. The monoisotopic (exact) mass is 230 g/mol. The first-order valence-electron chi connectivity index (χ1n) is 1.56. The number of hydrogen-bond acceptors (Lipinski definition) is 6. The molecule has 0 fully saturated rings. The molecule has 4 N–H and O–H groups in total. The van der Waals surface area contributed by atoms with Gasteiger partial charge in [0.15, 0.2) is 17.4 Å². The van der Waals surface area contributed by atoms with Crippen LogP contribution in [0.2, 0.25) is 0 Å². The topological polar surface area (TPSA) is 124 Å². The molecule has 0 aromatic heterocycles. The fourth-order valence-electron chi connectivity index (χ4n) is 0.141. The first-order valence-corrected chi connectivity index (χ1v) is 4.67. The van der Waals surface area contributed by atoms with E-state index in [1.807, 2.05) is 0 Å². The van der Waals surface area contributed by atoms with E-state index >= 15 is 0 Å². The van der Waals surface area contributed by atoms with E-state index in [4.69, 9.17) is 18.9 Å². The Morgan fingerprint density at radius 2 is 1.55 bits per heavy atom. The van der Waals surface area contributed by atoms with Crippen molar-refractivity contribution in [2.75, 3.05) is 0 Å². The number of rotatable bonds is 2. The van der Waals surface area contributed by atoms with Crippen LogP contribution in [0, 0.1) is 0 Å². The Hall–Kier alpha value is 1.50. The van der Waals surface area contributed by atoms with Gasteiger partial charge in [0, 0.05) is 0 Å². The van der Waals surface area contributed by atoms with E-state index in [0.29, 0.717) is 0 Å². The summed E-state index contributed by atoms with van der Waals surface area (Å²) >= 11 is 0. The molecule has 11 heteroatoms. The summed E-state index contributed by atoms with van der Waals surface area (Å²) in [7, 11) is -10.1. The average Bonchev–Trinajstić information content (AvgIpc) is 1.14. The molecule has 0 aliphatic rings. The van der Waals surface area contributed by atoms with Crippen molar-refractivity contribution in [3.63, 3.8) is 0 Å². The molecule has 0 unspecified atom stereocenters. The summed E-state index contributed by atoms with van der Waals surface area (Å²) in [5.74, 6) is 0. The van der Waals surface area contributed by atoms with Gasteiger partial charge in [-0.05, 0) is 0 Å². The maximum absolute atomic E-state index is 9.53. The van der Waals surface area contributed by atoms with Gasteiger partial charge in [0.25, 0.3) is 0 Å². The summed E-state index contributed by atoms with van der Waals surface area (Å²) in [4.78, 5) is 23.5. The normalized spacial score (nSPS) is 11.3. The SMILES string of the molecule is O=S(=O)(O)O[Si](O)(O)O.[AlH3].[H-].[Na+]. The molecule has 0 aliphatic heterocycles. The Morgan fingerprint density at radius 3 is 1.55 bits per heavy atom. The fourth-order valence-corrected chi connectivity index (χ4v) is 1.27. The van der Waals surface area contributed by atoms with E-state index in [9.17, 15) is 8.42 Å². The average molecular weight is 230 g/mol. The zero-order valence-electron chi connectivity index (χ0n) is 5.92. The molecule has 0 aromatic carbocycles. The van der Waals surface area contributed by atoms with Crippen LogP contribution in [-0.2, 0) is 14.3 Å². The summed E-state index contributed by atoms with van der Waals surface area (Å²) in [5, 5.41) is 0. The van der Waals surface area contributed by atoms with E-state index in [-0.39, 0.29) is 48.3 Å². The maximum Gasteiger partial charge on any atom is 1.00 e. The minimum atomic E-state index is -5.13. The second-order valence-corrected chi connectivity index (χ2v) is 3.75. The van der Waals surface area contributed by atoms with E-state index in [1.54, 1.807) is 0 Å². The van der Waals surface area contributed by atoms with Crippen LogP contribution in [0.1, 0.15) is 1.43 Å². The van der Waals surface area contributed by atoms with Crippen LogP contribution >= 0.6 is 0 Å². The summed E-state index contributed by atoms with van der Waals surface area (Å²) in [6.45, 7) is 0. The molecule has 0 atom stereocenters. The Bertz CT molecular complexity index is 184. The molecule has 0 heterocycles.